The summed E-state index contributed by atoms with van der Waals surface area (Å²) in [4.78, 5) is 12.3. The molecule has 0 saturated carbocycles. The molecular weight excluding hydrogens is 325 g/mol. The number of halogens is 3. The average molecular weight is 340 g/mol. The van der Waals surface area contributed by atoms with Crippen molar-refractivity contribution in [3.63, 3.8) is 0 Å². The first-order valence-corrected chi connectivity index (χ1v) is 6.76. The van der Waals surface area contributed by atoms with E-state index in [2.05, 4.69) is 5.32 Å². The zero-order valence-corrected chi connectivity index (χ0v) is 12.9. The van der Waals surface area contributed by atoms with Gasteiger partial charge in [0, 0.05) is 17.4 Å². The molecule has 0 fully saturated rings. The molecule has 0 aliphatic rings. The van der Waals surface area contributed by atoms with E-state index in [1.165, 1.54) is 26.4 Å². The predicted molar refractivity (Wildman–Crippen MR) is 83.4 cm³/mol. The minimum absolute atomic E-state index is 0.118. The lowest BCUT2D eigenvalue weighted by Gasteiger charge is -2.13. The summed E-state index contributed by atoms with van der Waals surface area (Å²) in [5.74, 6) is 0.0959. The lowest BCUT2D eigenvalue weighted by atomic mass is 10.1. The molecule has 5 nitrogen and oxygen atoms in total. The SMILES string of the molecule is COc1cc(N)c(C(=O)Nc2ccc(C(F)(F)F)cc2)cc1OC. The Morgan fingerprint density at radius 3 is 2.08 bits per heavy atom. The third kappa shape index (κ3) is 3.70. The van der Waals surface area contributed by atoms with Crippen LogP contribution in [0.5, 0.6) is 11.5 Å². The quantitative estimate of drug-likeness (QED) is 0.835. The van der Waals surface area contributed by atoms with Gasteiger partial charge in [0.25, 0.3) is 5.91 Å². The Morgan fingerprint density at radius 2 is 1.58 bits per heavy atom. The van der Waals surface area contributed by atoms with Crippen LogP contribution in [0, 0.1) is 0 Å². The van der Waals surface area contributed by atoms with Crippen molar-refractivity contribution >= 4 is 17.3 Å². The predicted octanol–water partition coefficient (Wildman–Crippen LogP) is 3.56. The van der Waals surface area contributed by atoms with Crippen LogP contribution < -0.4 is 20.5 Å². The van der Waals surface area contributed by atoms with Gasteiger partial charge in [-0.1, -0.05) is 0 Å². The lowest BCUT2D eigenvalue weighted by Crippen LogP contribution is -2.15. The first-order chi connectivity index (χ1) is 11.3. The fourth-order valence-electron chi connectivity index (χ4n) is 2.03. The number of carbonyl (C=O) groups is 1. The Kier molecular flexibility index (Phi) is 4.87. The van der Waals surface area contributed by atoms with E-state index in [0.717, 1.165) is 24.3 Å². The van der Waals surface area contributed by atoms with Gasteiger partial charge in [0.1, 0.15) is 0 Å². The second kappa shape index (κ2) is 6.69. The van der Waals surface area contributed by atoms with E-state index >= 15 is 0 Å². The average Bonchev–Trinajstić information content (AvgIpc) is 2.54. The van der Waals surface area contributed by atoms with E-state index in [9.17, 15) is 18.0 Å². The molecule has 0 saturated heterocycles. The Balaban J connectivity index is 2.24. The summed E-state index contributed by atoms with van der Waals surface area (Å²) < 4.78 is 47.7. The molecule has 0 heterocycles. The molecule has 0 atom stereocenters. The molecule has 0 spiro atoms. The van der Waals surface area contributed by atoms with Gasteiger partial charge in [-0.15, -0.1) is 0 Å². The summed E-state index contributed by atoms with van der Waals surface area (Å²) >= 11 is 0. The van der Waals surface area contributed by atoms with Gasteiger partial charge in [-0.05, 0) is 30.3 Å². The molecule has 128 valence electrons. The minimum atomic E-state index is -4.43. The molecule has 0 bridgehead atoms. The number of benzene rings is 2. The maximum atomic E-state index is 12.5. The monoisotopic (exact) mass is 340 g/mol. The van der Waals surface area contributed by atoms with E-state index in [0.29, 0.717) is 11.5 Å². The van der Waals surface area contributed by atoms with Crippen LogP contribution in [0.25, 0.3) is 0 Å². The van der Waals surface area contributed by atoms with Crippen LogP contribution in [0.4, 0.5) is 24.5 Å². The molecule has 0 unspecified atom stereocenters. The number of rotatable bonds is 4. The van der Waals surface area contributed by atoms with Gasteiger partial charge in [-0.3, -0.25) is 4.79 Å². The summed E-state index contributed by atoms with van der Waals surface area (Å²) in [5, 5.41) is 2.48. The highest BCUT2D eigenvalue weighted by molar-refractivity contribution is 6.08. The molecule has 0 aliphatic heterocycles. The Hall–Kier alpha value is -2.90. The van der Waals surface area contributed by atoms with E-state index in [4.69, 9.17) is 15.2 Å². The summed E-state index contributed by atoms with van der Waals surface area (Å²) in [7, 11) is 2.84. The Bertz CT molecular complexity index is 743. The van der Waals surface area contributed by atoms with E-state index in [1.54, 1.807) is 0 Å². The summed E-state index contributed by atoms with van der Waals surface area (Å²) in [5.41, 5.74) is 5.49. The van der Waals surface area contributed by atoms with E-state index in [1.807, 2.05) is 0 Å². The highest BCUT2D eigenvalue weighted by Gasteiger charge is 2.30. The number of carbonyl (C=O) groups excluding carboxylic acids is 1. The van der Waals surface area contributed by atoms with Crippen molar-refractivity contribution in [3.8, 4) is 11.5 Å². The normalized spacial score (nSPS) is 11.0. The third-order valence-electron chi connectivity index (χ3n) is 3.27. The highest BCUT2D eigenvalue weighted by atomic mass is 19.4. The van der Waals surface area contributed by atoms with Gasteiger partial charge in [0.15, 0.2) is 11.5 Å². The third-order valence-corrected chi connectivity index (χ3v) is 3.27. The van der Waals surface area contributed by atoms with Crippen molar-refractivity contribution in [1.29, 1.82) is 0 Å². The lowest BCUT2D eigenvalue weighted by molar-refractivity contribution is -0.137. The summed E-state index contributed by atoms with van der Waals surface area (Å²) in [6.07, 6.45) is -4.43. The number of anilines is 2. The number of nitrogen functional groups attached to an aromatic ring is 1. The van der Waals surface area contributed by atoms with Gasteiger partial charge in [-0.2, -0.15) is 13.2 Å². The number of nitrogens with one attached hydrogen (secondary N) is 1. The molecule has 2 rings (SSSR count). The number of amides is 1. The summed E-state index contributed by atoms with van der Waals surface area (Å²) in [6, 6.07) is 6.92. The molecular formula is C16H15F3N2O3. The van der Waals surface area contributed by atoms with Crippen LogP contribution >= 0.6 is 0 Å². The molecule has 2 aromatic carbocycles. The molecule has 24 heavy (non-hydrogen) atoms. The highest BCUT2D eigenvalue weighted by Crippen LogP contribution is 2.33. The molecule has 0 aliphatic carbocycles. The van der Waals surface area contributed by atoms with E-state index in [-0.39, 0.29) is 16.9 Å². The fraction of sp³-hybridized carbons (Fsp3) is 0.188. The maximum Gasteiger partial charge on any atom is 0.416 e. The van der Waals surface area contributed by atoms with Gasteiger partial charge in [0.2, 0.25) is 0 Å². The number of nitrogens with two attached hydrogens (primary N) is 1. The van der Waals surface area contributed by atoms with Crippen molar-refractivity contribution in [1.82, 2.24) is 0 Å². The molecule has 2 aromatic rings. The Labute approximate surface area is 136 Å². The minimum Gasteiger partial charge on any atom is -0.493 e. The van der Waals surface area contributed by atoms with Gasteiger partial charge in [-0.25, -0.2) is 0 Å². The fourth-order valence-corrected chi connectivity index (χ4v) is 2.03. The maximum absolute atomic E-state index is 12.5. The van der Waals surface area contributed by atoms with Crippen LogP contribution in [-0.2, 0) is 6.18 Å². The van der Waals surface area contributed by atoms with Crippen molar-refractivity contribution < 1.29 is 27.4 Å². The number of alkyl halides is 3. The van der Waals surface area contributed by atoms with Gasteiger partial charge in [0.05, 0.1) is 25.3 Å². The second-order valence-corrected chi connectivity index (χ2v) is 4.82. The zero-order valence-electron chi connectivity index (χ0n) is 12.9. The smallest absolute Gasteiger partial charge is 0.416 e. The molecule has 0 aromatic heterocycles. The van der Waals surface area contributed by atoms with Crippen molar-refractivity contribution in [2.45, 2.75) is 6.18 Å². The number of hydrogen-bond donors (Lipinski definition) is 2. The first-order valence-electron chi connectivity index (χ1n) is 6.76. The van der Waals surface area contributed by atoms with Crippen molar-refractivity contribution in [2.24, 2.45) is 0 Å². The van der Waals surface area contributed by atoms with Crippen LogP contribution in [0.3, 0.4) is 0 Å². The number of ether oxygens (including phenoxy) is 2. The van der Waals surface area contributed by atoms with Gasteiger partial charge < -0.3 is 20.5 Å². The molecule has 8 heteroatoms. The molecule has 3 N–H and O–H groups in total. The van der Waals surface area contributed by atoms with Crippen molar-refractivity contribution in [2.75, 3.05) is 25.3 Å². The second-order valence-electron chi connectivity index (χ2n) is 4.82. The number of methoxy groups -OCH3 is 2. The van der Waals surface area contributed by atoms with Crippen LogP contribution in [0.2, 0.25) is 0 Å². The molecule has 0 radical (unpaired) electrons. The van der Waals surface area contributed by atoms with Crippen LogP contribution in [0.15, 0.2) is 36.4 Å². The van der Waals surface area contributed by atoms with Crippen molar-refractivity contribution in [3.05, 3.63) is 47.5 Å². The topological polar surface area (TPSA) is 73.6 Å². The van der Waals surface area contributed by atoms with Crippen LogP contribution in [0.1, 0.15) is 15.9 Å². The Morgan fingerprint density at radius 1 is 1.04 bits per heavy atom. The summed E-state index contributed by atoms with van der Waals surface area (Å²) in [6.45, 7) is 0. The van der Waals surface area contributed by atoms with Gasteiger partial charge >= 0.3 is 6.18 Å². The largest absolute Gasteiger partial charge is 0.493 e. The van der Waals surface area contributed by atoms with E-state index < -0.39 is 17.6 Å². The molecule has 1 amide bonds. The van der Waals surface area contributed by atoms with Crippen LogP contribution in [-0.4, -0.2) is 20.1 Å². The standard InChI is InChI=1S/C16H15F3N2O3/c1-23-13-7-11(12(20)8-14(13)24-2)15(22)21-10-5-3-9(4-6-10)16(17,18)19/h3-8H,20H2,1-2H3,(H,21,22). The first kappa shape index (κ1) is 17.5. The zero-order chi connectivity index (χ0) is 17.9. The number of hydrogen-bond acceptors (Lipinski definition) is 4.